The molecule has 0 bridgehead atoms. The molecule has 0 saturated carbocycles. The molecule has 1 aliphatic rings. The van der Waals surface area contributed by atoms with E-state index in [0.717, 1.165) is 0 Å². The fourth-order valence-corrected chi connectivity index (χ4v) is 4.22. The first-order valence-corrected chi connectivity index (χ1v) is 11.8. The lowest BCUT2D eigenvalue weighted by molar-refractivity contribution is -0.158. The van der Waals surface area contributed by atoms with E-state index in [1.807, 2.05) is 0 Å². The molecule has 35 heavy (non-hydrogen) atoms. The predicted octanol–water partition coefficient (Wildman–Crippen LogP) is 0.671. The molecule has 0 amide bonds. The fourth-order valence-electron chi connectivity index (χ4n) is 4.02. The molecular formula is C21H32N3O10P. The van der Waals surface area contributed by atoms with Gasteiger partial charge in [0.15, 0.2) is 6.23 Å². The van der Waals surface area contributed by atoms with Crippen molar-refractivity contribution in [2.24, 2.45) is 11.7 Å². The van der Waals surface area contributed by atoms with Crippen LogP contribution in [0.3, 0.4) is 0 Å². The van der Waals surface area contributed by atoms with E-state index in [2.05, 4.69) is 4.98 Å². The van der Waals surface area contributed by atoms with Gasteiger partial charge in [0.05, 0.1) is 37.4 Å². The molecule has 2 heterocycles. The molecule has 0 unspecified atom stereocenters. The minimum Gasteiger partial charge on any atom is -0.463 e. The van der Waals surface area contributed by atoms with Gasteiger partial charge in [0, 0.05) is 31.7 Å². The highest BCUT2D eigenvalue weighted by Crippen LogP contribution is 2.42. The first kappa shape index (κ1) is 28.8. The average molecular weight is 517 g/mol. The van der Waals surface area contributed by atoms with E-state index < -0.39 is 61.8 Å². The van der Waals surface area contributed by atoms with E-state index in [9.17, 15) is 23.7 Å². The van der Waals surface area contributed by atoms with Crippen LogP contribution < -0.4 is 17.0 Å². The summed E-state index contributed by atoms with van der Waals surface area (Å²) in [7, 11) is -0.539. The number of nitrogens with zero attached hydrogens (tertiary/aromatic N) is 1. The highest BCUT2D eigenvalue weighted by atomic mass is 31.1. The first-order chi connectivity index (χ1) is 16.4. The Labute approximate surface area is 203 Å². The molecule has 0 radical (unpaired) electrons. The number of esters is 2. The van der Waals surface area contributed by atoms with Crippen molar-refractivity contribution in [2.75, 3.05) is 19.8 Å². The number of H-pyrrole nitrogens is 1. The molecule has 196 valence electrons. The molecule has 1 aliphatic heterocycles. The van der Waals surface area contributed by atoms with E-state index in [4.69, 9.17) is 29.2 Å². The van der Waals surface area contributed by atoms with Crippen LogP contribution >= 0.6 is 8.69 Å². The zero-order chi connectivity index (χ0) is 26.2. The van der Waals surface area contributed by atoms with E-state index in [1.54, 1.807) is 20.8 Å². The predicted molar refractivity (Wildman–Crippen MR) is 122 cm³/mol. The van der Waals surface area contributed by atoms with E-state index in [0.29, 0.717) is 6.42 Å². The van der Waals surface area contributed by atoms with Gasteiger partial charge in [0.2, 0.25) is 0 Å². The molecular weight excluding hydrogens is 485 g/mol. The summed E-state index contributed by atoms with van der Waals surface area (Å²) >= 11 is 0. The summed E-state index contributed by atoms with van der Waals surface area (Å²) in [5.74, 6) is -1.49. The van der Waals surface area contributed by atoms with Crippen LogP contribution in [0.2, 0.25) is 0 Å². The number of rotatable bonds is 13. The van der Waals surface area contributed by atoms with Gasteiger partial charge >= 0.3 is 26.3 Å². The van der Waals surface area contributed by atoms with Gasteiger partial charge in [-0.3, -0.25) is 28.5 Å². The Morgan fingerprint density at radius 3 is 2.63 bits per heavy atom. The number of aromatic amines is 1. The van der Waals surface area contributed by atoms with Crippen molar-refractivity contribution in [3.63, 3.8) is 0 Å². The maximum atomic E-state index is 12.3. The van der Waals surface area contributed by atoms with Crippen molar-refractivity contribution in [3.05, 3.63) is 33.1 Å². The standard InChI is InChI=1S/C21H32N3O10P/c1-12(2)32-18(27)9-14(33-13(3)25)10-30-8-6-15-16(11-31-35-29)34-19(21(15,4)22)24-7-5-17(26)23-20(24)28/h5,7,12,14-16,19H,6,8-11,22H2,1-4H3,(H,23,26,28)/t14-,15+,16+,19+,21+/m0/s1. The van der Waals surface area contributed by atoms with Gasteiger partial charge in [0.25, 0.3) is 5.56 Å². The number of carbonyl (C=O) groups is 2. The summed E-state index contributed by atoms with van der Waals surface area (Å²) in [6.07, 6.45) is -1.23. The van der Waals surface area contributed by atoms with Crippen molar-refractivity contribution >= 4 is 20.6 Å². The van der Waals surface area contributed by atoms with E-state index in [1.165, 1.54) is 23.8 Å². The zero-order valence-electron chi connectivity index (χ0n) is 20.1. The van der Waals surface area contributed by atoms with Gasteiger partial charge in [-0.2, -0.15) is 0 Å². The molecule has 1 aromatic rings. The molecule has 0 aliphatic carbocycles. The lowest BCUT2D eigenvalue weighted by Crippen LogP contribution is -2.51. The smallest absolute Gasteiger partial charge is 0.330 e. The van der Waals surface area contributed by atoms with Crippen LogP contribution in [0.4, 0.5) is 0 Å². The normalized spacial score (nSPS) is 25.0. The molecule has 5 atom stereocenters. The Balaban J connectivity index is 2.07. The molecule has 3 N–H and O–H groups in total. The highest BCUT2D eigenvalue weighted by Gasteiger charge is 2.52. The summed E-state index contributed by atoms with van der Waals surface area (Å²) < 4.78 is 38.9. The Morgan fingerprint density at radius 2 is 2.03 bits per heavy atom. The monoisotopic (exact) mass is 517 g/mol. The van der Waals surface area contributed by atoms with E-state index >= 15 is 0 Å². The van der Waals surface area contributed by atoms with Crippen molar-refractivity contribution in [1.82, 2.24) is 9.55 Å². The minimum absolute atomic E-state index is 0.0508. The third-order valence-corrected chi connectivity index (χ3v) is 5.70. The van der Waals surface area contributed by atoms with Crippen molar-refractivity contribution in [1.29, 1.82) is 0 Å². The molecule has 1 aromatic heterocycles. The number of ether oxygens (including phenoxy) is 4. The Kier molecular flexibility index (Phi) is 10.7. The second-order valence-electron chi connectivity index (χ2n) is 8.72. The van der Waals surface area contributed by atoms with Gasteiger partial charge in [0.1, 0.15) is 6.10 Å². The maximum absolute atomic E-state index is 12.3. The van der Waals surface area contributed by atoms with Crippen LogP contribution in [0.5, 0.6) is 0 Å². The molecule has 1 saturated heterocycles. The van der Waals surface area contributed by atoms with Crippen LogP contribution in [-0.4, -0.2) is 65.2 Å². The van der Waals surface area contributed by atoms with Crippen molar-refractivity contribution in [2.45, 2.75) is 70.6 Å². The fraction of sp³-hybridized carbons (Fsp3) is 0.714. The van der Waals surface area contributed by atoms with Gasteiger partial charge in [-0.25, -0.2) is 9.36 Å². The number of nitrogens with two attached hydrogens (primary N) is 1. The first-order valence-electron chi connectivity index (χ1n) is 11.1. The summed E-state index contributed by atoms with van der Waals surface area (Å²) in [6, 6.07) is 1.18. The van der Waals surface area contributed by atoms with Crippen LogP contribution in [-0.2, 0) is 37.6 Å². The molecule has 2 rings (SSSR count). The molecule has 1 fully saturated rings. The molecule has 13 nitrogen and oxygen atoms in total. The summed E-state index contributed by atoms with van der Waals surface area (Å²) in [4.78, 5) is 49.2. The number of nitrogens with one attached hydrogen (secondary N) is 1. The summed E-state index contributed by atoms with van der Waals surface area (Å²) in [5.41, 5.74) is 4.24. The van der Waals surface area contributed by atoms with Gasteiger partial charge < -0.3 is 24.7 Å². The average Bonchev–Trinajstić information content (AvgIpc) is 2.98. The Hall–Kier alpha value is -2.44. The quantitative estimate of drug-likeness (QED) is 0.213. The molecule has 0 spiro atoms. The number of aromatic nitrogens is 2. The van der Waals surface area contributed by atoms with Crippen LogP contribution in [0.1, 0.15) is 46.8 Å². The van der Waals surface area contributed by atoms with Crippen LogP contribution in [0.25, 0.3) is 0 Å². The second kappa shape index (κ2) is 13.0. The van der Waals surface area contributed by atoms with Crippen LogP contribution in [0, 0.1) is 5.92 Å². The Bertz CT molecular complexity index is 992. The molecule has 14 heteroatoms. The van der Waals surface area contributed by atoms with Gasteiger partial charge in [-0.15, -0.1) is 0 Å². The SMILES string of the molecule is CC(=O)O[C@H](COCC[C@@H]1[C@@H](COP=O)O[C@@H](n2ccc(=O)[nH]c2=O)[C@]1(C)N)CC(=O)OC(C)C. The van der Waals surface area contributed by atoms with Gasteiger partial charge in [-0.05, 0) is 27.2 Å². The largest absolute Gasteiger partial charge is 0.463 e. The Morgan fingerprint density at radius 1 is 1.31 bits per heavy atom. The zero-order valence-corrected chi connectivity index (χ0v) is 21.0. The maximum Gasteiger partial charge on any atom is 0.330 e. The third-order valence-electron chi connectivity index (χ3n) is 5.45. The number of hydrogen-bond acceptors (Lipinski definition) is 11. The lowest BCUT2D eigenvalue weighted by atomic mass is 9.82. The topological polar surface area (TPSA) is 178 Å². The van der Waals surface area contributed by atoms with Crippen molar-refractivity contribution in [3.8, 4) is 0 Å². The minimum atomic E-state index is -1.10. The number of hydrogen-bond donors (Lipinski definition) is 2. The van der Waals surface area contributed by atoms with E-state index in [-0.39, 0.29) is 32.3 Å². The third kappa shape index (κ3) is 8.32. The summed E-state index contributed by atoms with van der Waals surface area (Å²) in [5, 5.41) is 0. The van der Waals surface area contributed by atoms with Crippen molar-refractivity contribution < 1.29 is 37.6 Å². The second-order valence-corrected chi connectivity index (χ2v) is 9.13. The van der Waals surface area contributed by atoms with Gasteiger partial charge in [-0.1, -0.05) is 0 Å². The molecule has 0 aromatic carbocycles. The highest BCUT2D eigenvalue weighted by molar-refractivity contribution is 7.17. The van der Waals surface area contributed by atoms with Crippen LogP contribution in [0.15, 0.2) is 21.9 Å². The lowest BCUT2D eigenvalue weighted by Gasteiger charge is -2.32. The summed E-state index contributed by atoms with van der Waals surface area (Å²) in [6.45, 7) is 6.39. The number of carbonyl (C=O) groups excluding carboxylic acids is 2.